The van der Waals surface area contributed by atoms with Crippen LogP contribution in [0.4, 0.5) is 5.13 Å². The molecule has 3 rings (SSSR count). The highest BCUT2D eigenvalue weighted by molar-refractivity contribution is 7.15. The Morgan fingerprint density at radius 1 is 1.41 bits per heavy atom. The van der Waals surface area contributed by atoms with Crippen molar-refractivity contribution in [2.24, 2.45) is 16.7 Å². The molecular formula is C19H29N3O4S. The van der Waals surface area contributed by atoms with Gasteiger partial charge in [0.05, 0.1) is 24.9 Å². The van der Waals surface area contributed by atoms with Crippen molar-refractivity contribution >= 4 is 28.2 Å². The van der Waals surface area contributed by atoms with Crippen molar-refractivity contribution in [2.75, 3.05) is 18.9 Å². The molecule has 2 aliphatic carbocycles. The molecule has 1 heterocycles. The van der Waals surface area contributed by atoms with Crippen LogP contribution in [0.15, 0.2) is 0 Å². The van der Waals surface area contributed by atoms with Gasteiger partial charge in [-0.3, -0.25) is 9.59 Å². The van der Waals surface area contributed by atoms with Crippen molar-refractivity contribution in [3.05, 3.63) is 10.6 Å². The number of amides is 1. The van der Waals surface area contributed by atoms with E-state index in [1.165, 1.54) is 18.3 Å². The molecule has 1 fully saturated rings. The number of aliphatic hydroxyl groups is 2. The Balaban J connectivity index is 1.99. The highest BCUT2D eigenvalue weighted by Crippen LogP contribution is 2.62. The Morgan fingerprint density at radius 3 is 2.74 bits per heavy atom. The lowest BCUT2D eigenvalue weighted by Gasteiger charge is -2.58. The molecule has 1 aromatic rings. The average molecular weight is 396 g/mol. The Kier molecular flexibility index (Phi) is 5.35. The van der Waals surface area contributed by atoms with Crippen molar-refractivity contribution < 1.29 is 19.8 Å². The largest absolute Gasteiger partial charge is 0.396 e. The SMILES string of the molecule is CC(=O)CNC(=O)C[C@H]1c2nc(N)sc2C[C@H]2[C@](C)(CO)[C@H](O)CC[C@]21C. The molecule has 0 aliphatic heterocycles. The second-order valence-electron chi connectivity index (χ2n) is 8.58. The fraction of sp³-hybridized carbons (Fsp3) is 0.737. The number of anilines is 1. The van der Waals surface area contributed by atoms with Crippen LogP contribution in [0, 0.1) is 16.7 Å². The molecule has 0 bridgehead atoms. The van der Waals surface area contributed by atoms with Crippen molar-refractivity contribution in [1.29, 1.82) is 0 Å². The van der Waals surface area contributed by atoms with Gasteiger partial charge in [0.25, 0.3) is 0 Å². The second kappa shape index (κ2) is 7.14. The fourth-order valence-electron chi connectivity index (χ4n) is 5.15. The van der Waals surface area contributed by atoms with E-state index in [1.807, 2.05) is 6.92 Å². The maximum absolute atomic E-state index is 12.5. The standard InChI is InChI=1S/C19H29N3O4S/c1-10(24)8-21-15(26)6-11-16-12(27-17(20)22-16)7-13-18(11,2)5-4-14(25)19(13,3)9-23/h11,13-14,23,25H,4-9H2,1-3H3,(H2,20,22)(H,21,26)/t11-,13+,14+,18-,19-/m0/s1. The van der Waals surface area contributed by atoms with Crippen LogP contribution in [0.25, 0.3) is 0 Å². The van der Waals surface area contributed by atoms with Gasteiger partial charge in [0, 0.05) is 22.6 Å². The lowest BCUT2D eigenvalue weighted by Crippen LogP contribution is -2.57. The molecule has 5 atom stereocenters. The summed E-state index contributed by atoms with van der Waals surface area (Å²) in [6, 6.07) is 0. The molecule has 150 valence electrons. The number of hydrogen-bond acceptors (Lipinski definition) is 7. The minimum Gasteiger partial charge on any atom is -0.396 e. The number of ketones is 1. The molecule has 0 aromatic carbocycles. The molecule has 5 N–H and O–H groups in total. The molecule has 1 saturated carbocycles. The van der Waals surface area contributed by atoms with Gasteiger partial charge in [-0.05, 0) is 37.5 Å². The number of nitrogens with two attached hydrogens (primary N) is 1. The predicted octanol–water partition coefficient (Wildman–Crippen LogP) is 1.24. The fourth-order valence-corrected chi connectivity index (χ4v) is 6.08. The molecule has 8 heteroatoms. The van der Waals surface area contributed by atoms with Crippen LogP contribution in [-0.2, 0) is 16.0 Å². The third-order valence-electron chi connectivity index (χ3n) is 6.83. The van der Waals surface area contributed by atoms with Gasteiger partial charge in [-0.25, -0.2) is 4.98 Å². The van der Waals surface area contributed by atoms with Gasteiger partial charge in [-0.2, -0.15) is 0 Å². The smallest absolute Gasteiger partial charge is 0.221 e. The van der Waals surface area contributed by atoms with Gasteiger partial charge in [-0.1, -0.05) is 13.8 Å². The molecule has 7 nitrogen and oxygen atoms in total. The molecule has 2 aliphatic rings. The van der Waals surface area contributed by atoms with E-state index >= 15 is 0 Å². The quantitative estimate of drug-likeness (QED) is 0.594. The predicted molar refractivity (Wildman–Crippen MR) is 103 cm³/mol. The molecule has 0 spiro atoms. The summed E-state index contributed by atoms with van der Waals surface area (Å²) < 4.78 is 0. The third kappa shape index (κ3) is 3.39. The Labute approximate surface area is 163 Å². The lowest BCUT2D eigenvalue weighted by atomic mass is 9.47. The van der Waals surface area contributed by atoms with Crippen molar-refractivity contribution in [1.82, 2.24) is 10.3 Å². The lowest BCUT2D eigenvalue weighted by molar-refractivity contribution is -0.144. The molecule has 0 radical (unpaired) electrons. The third-order valence-corrected chi connectivity index (χ3v) is 7.76. The first-order chi connectivity index (χ1) is 12.6. The molecule has 0 unspecified atom stereocenters. The van der Waals surface area contributed by atoms with E-state index in [1.54, 1.807) is 0 Å². The summed E-state index contributed by atoms with van der Waals surface area (Å²) in [7, 11) is 0. The summed E-state index contributed by atoms with van der Waals surface area (Å²) in [6.45, 7) is 5.42. The molecule has 0 saturated heterocycles. The summed E-state index contributed by atoms with van der Waals surface area (Å²) in [5.41, 5.74) is 5.90. The van der Waals surface area contributed by atoms with Crippen LogP contribution >= 0.6 is 11.3 Å². The minimum atomic E-state index is -0.641. The number of nitrogen functional groups attached to an aromatic ring is 1. The van der Waals surface area contributed by atoms with Gasteiger partial charge < -0.3 is 21.3 Å². The van der Waals surface area contributed by atoms with Crippen LogP contribution < -0.4 is 11.1 Å². The molecule has 1 amide bonds. The van der Waals surface area contributed by atoms with Crippen LogP contribution in [-0.4, -0.2) is 46.1 Å². The Hall–Kier alpha value is -1.51. The number of fused-ring (bicyclic) bond motifs is 2. The number of aliphatic hydroxyl groups excluding tert-OH is 2. The van der Waals surface area contributed by atoms with Crippen molar-refractivity contribution in [2.45, 2.75) is 58.5 Å². The van der Waals surface area contributed by atoms with Crippen LogP contribution in [0.5, 0.6) is 0 Å². The Bertz CT molecular complexity index is 751. The summed E-state index contributed by atoms with van der Waals surface area (Å²) in [4.78, 5) is 29.3. The number of hydrogen-bond donors (Lipinski definition) is 4. The van der Waals surface area contributed by atoms with Crippen molar-refractivity contribution in [3.63, 3.8) is 0 Å². The number of aromatic nitrogens is 1. The first-order valence-corrected chi connectivity index (χ1v) is 10.2. The summed E-state index contributed by atoms with van der Waals surface area (Å²) in [5.74, 6) is -0.434. The van der Waals surface area contributed by atoms with E-state index in [4.69, 9.17) is 5.73 Å². The molecule has 1 aromatic heterocycles. The monoisotopic (exact) mass is 395 g/mol. The van der Waals surface area contributed by atoms with Gasteiger partial charge in [0.1, 0.15) is 5.78 Å². The van der Waals surface area contributed by atoms with Gasteiger partial charge in [-0.15, -0.1) is 11.3 Å². The van der Waals surface area contributed by atoms with Crippen LogP contribution in [0.1, 0.15) is 56.5 Å². The minimum absolute atomic E-state index is 0.0108. The number of Topliss-reactive ketones (excluding diaryl/α,β-unsaturated/α-hetero) is 1. The number of nitrogens with zero attached hydrogens (tertiary/aromatic N) is 1. The Morgan fingerprint density at radius 2 is 2.11 bits per heavy atom. The van der Waals surface area contributed by atoms with Crippen LogP contribution in [0.2, 0.25) is 0 Å². The second-order valence-corrected chi connectivity index (χ2v) is 9.69. The zero-order chi connectivity index (χ0) is 20.0. The molecule has 27 heavy (non-hydrogen) atoms. The van der Waals surface area contributed by atoms with E-state index in [2.05, 4.69) is 17.2 Å². The van der Waals surface area contributed by atoms with E-state index in [0.29, 0.717) is 18.0 Å². The number of nitrogens with one attached hydrogen (secondary N) is 1. The highest BCUT2D eigenvalue weighted by Gasteiger charge is 2.59. The average Bonchev–Trinajstić information content (AvgIpc) is 2.98. The van der Waals surface area contributed by atoms with E-state index in [-0.39, 0.29) is 48.5 Å². The van der Waals surface area contributed by atoms with Crippen LogP contribution in [0.3, 0.4) is 0 Å². The van der Waals surface area contributed by atoms with Crippen molar-refractivity contribution in [3.8, 4) is 0 Å². The highest BCUT2D eigenvalue weighted by atomic mass is 32.1. The maximum Gasteiger partial charge on any atom is 0.221 e. The van der Waals surface area contributed by atoms with E-state index in [9.17, 15) is 19.8 Å². The number of carbonyl (C=O) groups excluding carboxylic acids is 2. The zero-order valence-electron chi connectivity index (χ0n) is 16.1. The van der Waals surface area contributed by atoms with Gasteiger partial charge in [0.15, 0.2) is 5.13 Å². The summed E-state index contributed by atoms with van der Waals surface area (Å²) in [6.07, 6.45) is 1.65. The van der Waals surface area contributed by atoms with E-state index in [0.717, 1.165) is 17.0 Å². The normalized spacial score (nSPS) is 35.2. The molecular weight excluding hydrogens is 366 g/mol. The first-order valence-electron chi connectivity index (χ1n) is 9.42. The number of thiazole rings is 1. The maximum atomic E-state index is 12.5. The number of rotatable bonds is 5. The zero-order valence-corrected chi connectivity index (χ0v) is 16.9. The topological polar surface area (TPSA) is 126 Å². The van der Waals surface area contributed by atoms with Gasteiger partial charge >= 0.3 is 0 Å². The summed E-state index contributed by atoms with van der Waals surface area (Å²) >= 11 is 1.42. The first kappa shape index (κ1) is 20.2. The van der Waals surface area contributed by atoms with E-state index < -0.39 is 11.5 Å². The number of carbonyl (C=O) groups is 2. The van der Waals surface area contributed by atoms with Gasteiger partial charge in [0.2, 0.25) is 5.91 Å². The summed E-state index contributed by atoms with van der Waals surface area (Å²) in [5, 5.41) is 23.9.